The van der Waals surface area contributed by atoms with Gasteiger partial charge >= 0.3 is 5.97 Å². The molecular weight excluding hydrogens is 440 g/mol. The van der Waals surface area contributed by atoms with Crippen molar-refractivity contribution < 1.29 is 24.9 Å². The molecule has 5 nitrogen and oxygen atoms in total. The first-order chi connectivity index (χ1) is 16.2. The Bertz CT molecular complexity index is 824. The fourth-order valence-corrected chi connectivity index (χ4v) is 9.28. The topological polar surface area (TPSA) is 87.0 Å². The molecule has 35 heavy (non-hydrogen) atoms. The number of esters is 1. The number of aliphatic hydroxyl groups excluding tert-OH is 2. The Kier molecular flexibility index (Phi) is 7.32. The Morgan fingerprint density at radius 3 is 2.34 bits per heavy atom. The maximum absolute atomic E-state index is 12.3. The Hall–Kier alpha value is -0.910. The summed E-state index contributed by atoms with van der Waals surface area (Å²) in [6, 6.07) is 0. The van der Waals surface area contributed by atoms with Gasteiger partial charge in [-0.25, -0.2) is 0 Å². The van der Waals surface area contributed by atoms with Gasteiger partial charge < -0.3 is 20.1 Å². The van der Waals surface area contributed by atoms with E-state index in [1.165, 1.54) is 6.92 Å². The van der Waals surface area contributed by atoms with Crippen molar-refractivity contribution in [2.45, 2.75) is 117 Å². The van der Waals surface area contributed by atoms with Crippen LogP contribution in [-0.4, -0.2) is 45.2 Å². The Morgan fingerprint density at radius 1 is 1.03 bits per heavy atom. The fourth-order valence-electron chi connectivity index (χ4n) is 9.28. The van der Waals surface area contributed by atoms with Gasteiger partial charge in [0.25, 0.3) is 0 Å². The third-order valence-electron chi connectivity index (χ3n) is 11.5. The zero-order valence-corrected chi connectivity index (χ0v) is 23.0. The lowest BCUT2D eigenvalue weighted by molar-refractivity contribution is -0.284. The minimum atomic E-state index is -1.35. The number of hydrogen-bond donors (Lipinski definition) is 3. The minimum absolute atomic E-state index is 0.00376. The predicted octanol–water partition coefficient (Wildman–Crippen LogP) is 5.12. The van der Waals surface area contributed by atoms with Crippen LogP contribution in [0.4, 0.5) is 0 Å². The van der Waals surface area contributed by atoms with E-state index in [4.69, 9.17) is 4.74 Å². The monoisotopic (exact) mass is 490 g/mol. The summed E-state index contributed by atoms with van der Waals surface area (Å²) in [4.78, 5) is 12.3. The van der Waals surface area contributed by atoms with Gasteiger partial charge in [0.05, 0.1) is 17.8 Å². The van der Waals surface area contributed by atoms with Gasteiger partial charge in [0.1, 0.15) is 6.10 Å². The van der Waals surface area contributed by atoms with Crippen molar-refractivity contribution in [1.29, 1.82) is 0 Å². The van der Waals surface area contributed by atoms with E-state index in [1.54, 1.807) is 0 Å². The third-order valence-corrected chi connectivity index (χ3v) is 11.5. The van der Waals surface area contributed by atoms with E-state index in [2.05, 4.69) is 53.7 Å². The molecule has 4 aliphatic carbocycles. The quantitative estimate of drug-likeness (QED) is 0.368. The van der Waals surface area contributed by atoms with Crippen LogP contribution in [0.5, 0.6) is 0 Å². The molecule has 0 saturated heterocycles. The summed E-state index contributed by atoms with van der Waals surface area (Å²) < 4.78 is 6.10. The van der Waals surface area contributed by atoms with Gasteiger partial charge in [-0.3, -0.25) is 4.79 Å². The summed E-state index contributed by atoms with van der Waals surface area (Å²) in [7, 11) is 0. The van der Waals surface area contributed by atoms with E-state index in [1.807, 2.05) is 0 Å². The Labute approximate surface area is 212 Å². The Morgan fingerprint density at radius 2 is 1.71 bits per heavy atom. The van der Waals surface area contributed by atoms with Gasteiger partial charge in [0, 0.05) is 24.7 Å². The van der Waals surface area contributed by atoms with Gasteiger partial charge in [0.2, 0.25) is 0 Å². The maximum Gasteiger partial charge on any atom is 0.302 e. The second-order valence-corrected chi connectivity index (χ2v) is 13.7. The summed E-state index contributed by atoms with van der Waals surface area (Å²) in [5.74, 6) is 2.46. The average Bonchev–Trinajstić information content (AvgIpc) is 3.10. The van der Waals surface area contributed by atoms with Crippen LogP contribution in [-0.2, 0) is 9.53 Å². The van der Waals surface area contributed by atoms with E-state index in [-0.39, 0.29) is 35.7 Å². The van der Waals surface area contributed by atoms with E-state index in [0.29, 0.717) is 48.9 Å². The standard InChI is InChI=1S/C30H50O5/c1-17(2)18(3)8-9-19(4)23-10-11-24-22-14-26(33)30(34)15-21(32)12-13-29(30,7)27(22)25(35-20(5)31)16-28(23,24)6/h8-9,17-19,21-27,32-34H,10-16H2,1-7H3/b9-8+/t18-,19-,21?,22+,23-,24+,25?,26?,27-,28-,29-,30?/m1/s1. The number of carbonyl (C=O) groups excluding carboxylic acids is 1. The molecule has 0 radical (unpaired) electrons. The van der Waals surface area contributed by atoms with Gasteiger partial charge in [-0.05, 0) is 79.4 Å². The normalized spacial score (nSPS) is 49.3. The van der Waals surface area contributed by atoms with Crippen LogP contribution in [0.1, 0.15) is 93.4 Å². The van der Waals surface area contributed by atoms with Crippen molar-refractivity contribution in [2.75, 3.05) is 0 Å². The molecule has 0 spiro atoms. The van der Waals surface area contributed by atoms with Crippen molar-refractivity contribution in [3.05, 3.63) is 12.2 Å². The van der Waals surface area contributed by atoms with Gasteiger partial charge in [-0.1, -0.05) is 53.7 Å². The molecule has 12 atom stereocenters. The summed E-state index contributed by atoms with van der Waals surface area (Å²) in [6.07, 6.45) is 8.09. The van der Waals surface area contributed by atoms with E-state index >= 15 is 0 Å². The Balaban J connectivity index is 1.69. The van der Waals surface area contributed by atoms with Crippen molar-refractivity contribution in [2.24, 2.45) is 52.3 Å². The molecular formula is C30H50O5. The van der Waals surface area contributed by atoms with Crippen LogP contribution in [0.2, 0.25) is 0 Å². The van der Waals surface area contributed by atoms with E-state index in [0.717, 1.165) is 19.3 Å². The van der Waals surface area contributed by atoms with Crippen LogP contribution < -0.4 is 0 Å². The number of allylic oxidation sites excluding steroid dienone is 2. The first-order valence-electron chi connectivity index (χ1n) is 14.2. The van der Waals surface area contributed by atoms with Crippen LogP contribution in [0.3, 0.4) is 0 Å². The van der Waals surface area contributed by atoms with Gasteiger partial charge in [-0.2, -0.15) is 0 Å². The van der Waals surface area contributed by atoms with Crippen molar-refractivity contribution in [3.8, 4) is 0 Å². The lowest BCUT2D eigenvalue weighted by Crippen LogP contribution is -2.71. The molecule has 4 aliphatic rings. The molecule has 3 N–H and O–H groups in total. The molecule has 0 amide bonds. The highest BCUT2D eigenvalue weighted by atomic mass is 16.5. The van der Waals surface area contributed by atoms with E-state index in [9.17, 15) is 20.1 Å². The lowest BCUT2D eigenvalue weighted by Gasteiger charge is -2.66. The van der Waals surface area contributed by atoms with Crippen LogP contribution in [0.15, 0.2) is 12.2 Å². The fraction of sp³-hybridized carbons (Fsp3) is 0.900. The smallest absolute Gasteiger partial charge is 0.302 e. The van der Waals surface area contributed by atoms with Crippen LogP contribution in [0.25, 0.3) is 0 Å². The summed E-state index contributed by atoms with van der Waals surface area (Å²) in [6.45, 7) is 15.1. The van der Waals surface area contributed by atoms with E-state index < -0.39 is 23.2 Å². The highest BCUT2D eigenvalue weighted by molar-refractivity contribution is 5.66. The molecule has 4 saturated carbocycles. The molecule has 0 aromatic carbocycles. The summed E-state index contributed by atoms with van der Waals surface area (Å²) in [5.41, 5.74) is -1.92. The summed E-state index contributed by atoms with van der Waals surface area (Å²) >= 11 is 0. The number of fused-ring (bicyclic) bond motifs is 5. The second kappa shape index (κ2) is 9.44. The molecule has 0 aliphatic heterocycles. The lowest BCUT2D eigenvalue weighted by atomic mass is 9.41. The highest BCUT2D eigenvalue weighted by Gasteiger charge is 2.70. The first-order valence-corrected chi connectivity index (χ1v) is 14.2. The largest absolute Gasteiger partial charge is 0.462 e. The zero-order chi connectivity index (χ0) is 25.9. The average molecular weight is 491 g/mol. The molecule has 4 fully saturated rings. The molecule has 4 unspecified atom stereocenters. The molecule has 200 valence electrons. The van der Waals surface area contributed by atoms with Gasteiger partial charge in [-0.15, -0.1) is 0 Å². The number of carbonyl (C=O) groups is 1. The second-order valence-electron chi connectivity index (χ2n) is 13.7. The SMILES string of the molecule is CC(=O)OC1C[C@]2(C)[C@@H]([C@H](C)/C=C/[C@@H](C)C(C)C)CC[C@H]2[C@@H]2CC(O)C3(O)CC(O)CC[C@]3(C)[C@@H]12. The molecule has 0 aromatic heterocycles. The molecule has 4 rings (SSSR count). The molecule has 0 heterocycles. The number of hydrogen-bond acceptors (Lipinski definition) is 5. The molecule has 0 bridgehead atoms. The molecule has 0 aromatic rings. The van der Waals surface area contributed by atoms with Crippen molar-refractivity contribution in [3.63, 3.8) is 0 Å². The minimum Gasteiger partial charge on any atom is -0.462 e. The number of rotatable bonds is 5. The van der Waals surface area contributed by atoms with Crippen LogP contribution in [0, 0.1) is 52.3 Å². The molecule has 5 heteroatoms. The third kappa shape index (κ3) is 4.32. The van der Waals surface area contributed by atoms with Crippen molar-refractivity contribution >= 4 is 5.97 Å². The first kappa shape index (κ1) is 27.1. The number of aliphatic hydroxyl groups is 3. The van der Waals surface area contributed by atoms with Gasteiger partial charge in [0.15, 0.2) is 0 Å². The van der Waals surface area contributed by atoms with Crippen molar-refractivity contribution in [1.82, 2.24) is 0 Å². The predicted molar refractivity (Wildman–Crippen MR) is 137 cm³/mol. The zero-order valence-electron chi connectivity index (χ0n) is 23.0. The maximum atomic E-state index is 12.3. The number of ether oxygens (including phenoxy) is 1. The highest BCUT2D eigenvalue weighted by Crippen LogP contribution is 2.69. The van der Waals surface area contributed by atoms with Crippen LogP contribution >= 0.6 is 0 Å². The summed E-state index contributed by atoms with van der Waals surface area (Å²) in [5, 5.41) is 33.6.